The van der Waals surface area contributed by atoms with Crippen molar-refractivity contribution in [3.8, 4) is 0 Å². The zero-order chi connectivity index (χ0) is 17.1. The van der Waals surface area contributed by atoms with E-state index in [2.05, 4.69) is 0 Å². The zero-order valence-electron chi connectivity index (χ0n) is 13.2. The minimum absolute atomic E-state index is 0.0326. The molecular formula is C19H20ClNO3. The fourth-order valence-electron chi connectivity index (χ4n) is 3.15. The molecule has 0 saturated carbocycles. The molecule has 1 fully saturated rings. The summed E-state index contributed by atoms with van der Waals surface area (Å²) < 4.78 is 0. The van der Waals surface area contributed by atoms with Crippen molar-refractivity contribution in [3.05, 3.63) is 70.7 Å². The fraction of sp³-hybridized carbons (Fsp3) is 0.316. The van der Waals surface area contributed by atoms with Gasteiger partial charge in [-0.1, -0.05) is 60.1 Å². The van der Waals surface area contributed by atoms with Crippen molar-refractivity contribution in [2.75, 3.05) is 13.1 Å². The summed E-state index contributed by atoms with van der Waals surface area (Å²) in [4.78, 5) is 14.1. The van der Waals surface area contributed by atoms with Crippen LogP contribution >= 0.6 is 11.6 Å². The number of aliphatic hydroxyl groups is 2. The Balaban J connectivity index is 1.67. The molecule has 4 nitrogen and oxygen atoms in total. The molecule has 0 spiro atoms. The molecule has 3 atom stereocenters. The number of β-amino-alcohol motifs (C(OH)–C–C–N with tert-alkyl or cyclic N) is 1. The van der Waals surface area contributed by atoms with E-state index >= 15 is 0 Å². The van der Waals surface area contributed by atoms with E-state index in [1.807, 2.05) is 30.3 Å². The number of carbonyl (C=O) groups excluding carboxylic acids is 1. The highest BCUT2D eigenvalue weighted by Crippen LogP contribution is 2.28. The van der Waals surface area contributed by atoms with Gasteiger partial charge in [0, 0.05) is 29.6 Å². The summed E-state index contributed by atoms with van der Waals surface area (Å²) in [6.07, 6.45) is -1.19. The average Bonchev–Trinajstić information content (AvgIpc) is 2.96. The second-order valence-corrected chi connectivity index (χ2v) is 6.59. The predicted octanol–water partition coefficient (Wildman–Crippen LogP) is 2.44. The molecule has 3 rings (SSSR count). The van der Waals surface area contributed by atoms with Gasteiger partial charge < -0.3 is 15.1 Å². The molecule has 1 aliphatic heterocycles. The second kappa shape index (κ2) is 7.34. The van der Waals surface area contributed by atoms with E-state index in [1.165, 1.54) is 4.90 Å². The lowest BCUT2D eigenvalue weighted by Crippen LogP contribution is -2.34. The third-order valence-electron chi connectivity index (χ3n) is 4.49. The van der Waals surface area contributed by atoms with Crippen molar-refractivity contribution in [2.24, 2.45) is 5.92 Å². The van der Waals surface area contributed by atoms with Crippen molar-refractivity contribution in [1.82, 2.24) is 4.90 Å². The summed E-state index contributed by atoms with van der Waals surface area (Å²) in [7, 11) is 0. The molecule has 0 radical (unpaired) electrons. The van der Waals surface area contributed by atoms with Gasteiger partial charge in [0.15, 0.2) is 6.10 Å². The third-order valence-corrected chi connectivity index (χ3v) is 4.84. The normalized spacial score (nSPS) is 21.7. The van der Waals surface area contributed by atoms with Gasteiger partial charge in [-0.25, -0.2) is 0 Å². The molecular weight excluding hydrogens is 326 g/mol. The maximum atomic E-state index is 12.5. The largest absolute Gasteiger partial charge is 0.391 e. The van der Waals surface area contributed by atoms with Crippen molar-refractivity contribution >= 4 is 17.5 Å². The summed E-state index contributed by atoms with van der Waals surface area (Å²) in [6.45, 7) is 0.661. The van der Waals surface area contributed by atoms with Crippen LogP contribution in [0, 0.1) is 5.92 Å². The molecule has 0 unspecified atom stereocenters. The average molecular weight is 346 g/mol. The van der Waals surface area contributed by atoms with Crippen LogP contribution in [0.1, 0.15) is 17.2 Å². The van der Waals surface area contributed by atoms with E-state index in [9.17, 15) is 15.0 Å². The fourth-order valence-corrected chi connectivity index (χ4v) is 3.39. The van der Waals surface area contributed by atoms with Gasteiger partial charge >= 0.3 is 0 Å². The van der Waals surface area contributed by atoms with Crippen molar-refractivity contribution in [1.29, 1.82) is 0 Å². The lowest BCUT2D eigenvalue weighted by Gasteiger charge is -2.20. The van der Waals surface area contributed by atoms with Crippen LogP contribution in [0.25, 0.3) is 0 Å². The smallest absolute Gasteiger partial charge is 0.256 e. The first-order chi connectivity index (χ1) is 11.6. The first kappa shape index (κ1) is 17.0. The third kappa shape index (κ3) is 3.61. The van der Waals surface area contributed by atoms with E-state index in [0.717, 1.165) is 5.56 Å². The van der Waals surface area contributed by atoms with Gasteiger partial charge in [-0.3, -0.25) is 4.79 Å². The molecule has 1 heterocycles. The molecule has 126 valence electrons. The maximum absolute atomic E-state index is 12.5. The van der Waals surface area contributed by atoms with E-state index in [-0.39, 0.29) is 12.5 Å². The van der Waals surface area contributed by atoms with Crippen LogP contribution in [0.15, 0.2) is 54.6 Å². The van der Waals surface area contributed by atoms with E-state index in [0.29, 0.717) is 23.6 Å². The van der Waals surface area contributed by atoms with Crippen LogP contribution < -0.4 is 0 Å². The highest BCUT2D eigenvalue weighted by Gasteiger charge is 2.36. The zero-order valence-corrected chi connectivity index (χ0v) is 13.9. The number of rotatable bonds is 4. The lowest BCUT2D eigenvalue weighted by atomic mass is 9.97. The molecule has 24 heavy (non-hydrogen) atoms. The first-order valence-electron chi connectivity index (χ1n) is 7.99. The minimum Gasteiger partial charge on any atom is -0.391 e. The Morgan fingerprint density at radius 1 is 1.12 bits per heavy atom. The Hall–Kier alpha value is -1.88. The predicted molar refractivity (Wildman–Crippen MR) is 92.6 cm³/mol. The Morgan fingerprint density at radius 2 is 1.79 bits per heavy atom. The molecule has 2 aromatic rings. The quantitative estimate of drug-likeness (QED) is 0.894. The molecule has 1 amide bonds. The first-order valence-corrected chi connectivity index (χ1v) is 8.37. The van der Waals surface area contributed by atoms with Crippen LogP contribution in [0.5, 0.6) is 0 Å². The number of aliphatic hydroxyl groups excluding tert-OH is 2. The molecule has 5 heteroatoms. The van der Waals surface area contributed by atoms with Crippen LogP contribution in [0.3, 0.4) is 0 Å². The number of hydrogen-bond acceptors (Lipinski definition) is 3. The second-order valence-electron chi connectivity index (χ2n) is 6.18. The number of benzene rings is 2. The van der Waals surface area contributed by atoms with Gasteiger partial charge in [0.1, 0.15) is 0 Å². The van der Waals surface area contributed by atoms with Crippen LogP contribution in [0.4, 0.5) is 0 Å². The molecule has 2 aromatic carbocycles. The summed E-state index contributed by atoms with van der Waals surface area (Å²) in [5.74, 6) is -0.451. The molecule has 0 aromatic heterocycles. The van der Waals surface area contributed by atoms with Gasteiger partial charge in [0.05, 0.1) is 6.10 Å². The SMILES string of the molecule is O=C([C@H](O)c1ccccc1Cl)N1C[C@@H](Cc2ccccc2)[C@H](O)C1. The van der Waals surface area contributed by atoms with Crippen molar-refractivity contribution in [3.63, 3.8) is 0 Å². The Bertz CT molecular complexity index is 707. The maximum Gasteiger partial charge on any atom is 0.256 e. The highest BCUT2D eigenvalue weighted by atomic mass is 35.5. The van der Waals surface area contributed by atoms with Crippen LogP contribution in [-0.2, 0) is 11.2 Å². The van der Waals surface area contributed by atoms with E-state index in [4.69, 9.17) is 11.6 Å². The van der Waals surface area contributed by atoms with E-state index in [1.54, 1.807) is 24.3 Å². The molecule has 1 aliphatic rings. The monoisotopic (exact) mass is 345 g/mol. The number of nitrogens with zero attached hydrogens (tertiary/aromatic N) is 1. The number of halogens is 1. The number of hydrogen-bond donors (Lipinski definition) is 2. The highest BCUT2D eigenvalue weighted by molar-refractivity contribution is 6.31. The summed E-state index contributed by atoms with van der Waals surface area (Å²) in [5, 5.41) is 21.0. The number of amides is 1. The summed E-state index contributed by atoms with van der Waals surface area (Å²) in [6, 6.07) is 16.6. The lowest BCUT2D eigenvalue weighted by molar-refractivity contribution is -0.139. The Labute approximate surface area is 146 Å². The molecule has 2 N–H and O–H groups in total. The summed E-state index contributed by atoms with van der Waals surface area (Å²) in [5.41, 5.74) is 1.52. The molecule has 0 aliphatic carbocycles. The number of likely N-dealkylation sites (tertiary alicyclic amines) is 1. The molecule has 1 saturated heterocycles. The van der Waals surface area contributed by atoms with Crippen LogP contribution in [-0.4, -0.2) is 40.2 Å². The van der Waals surface area contributed by atoms with Crippen LogP contribution in [0.2, 0.25) is 5.02 Å². The van der Waals surface area contributed by atoms with Gasteiger partial charge in [0.25, 0.3) is 5.91 Å². The minimum atomic E-state index is -1.30. The van der Waals surface area contributed by atoms with Gasteiger partial charge in [0.2, 0.25) is 0 Å². The standard InChI is InChI=1S/C19H20ClNO3/c20-16-9-5-4-8-15(16)18(23)19(24)21-11-14(17(22)12-21)10-13-6-2-1-3-7-13/h1-9,14,17-18,22-23H,10-12H2/t14-,17-,18-/m1/s1. The van der Waals surface area contributed by atoms with Crippen molar-refractivity contribution in [2.45, 2.75) is 18.6 Å². The van der Waals surface area contributed by atoms with Gasteiger partial charge in [-0.15, -0.1) is 0 Å². The summed E-state index contributed by atoms with van der Waals surface area (Å²) >= 11 is 6.05. The Morgan fingerprint density at radius 3 is 2.50 bits per heavy atom. The topological polar surface area (TPSA) is 60.8 Å². The molecule has 0 bridgehead atoms. The van der Waals surface area contributed by atoms with Crippen molar-refractivity contribution < 1.29 is 15.0 Å². The number of carbonyl (C=O) groups is 1. The Kier molecular flexibility index (Phi) is 5.19. The van der Waals surface area contributed by atoms with Gasteiger partial charge in [-0.05, 0) is 18.1 Å². The van der Waals surface area contributed by atoms with Gasteiger partial charge in [-0.2, -0.15) is 0 Å². The van der Waals surface area contributed by atoms with E-state index < -0.39 is 18.1 Å².